The molecule has 0 atom stereocenters. The summed E-state index contributed by atoms with van der Waals surface area (Å²) in [7, 11) is -1.37. The number of halogens is 1. The van der Waals surface area contributed by atoms with Gasteiger partial charge < -0.3 is 5.32 Å². The number of benzene rings is 1. The number of nitrogens with zero attached hydrogens (tertiary/aromatic N) is 1. The molecule has 1 saturated heterocycles. The van der Waals surface area contributed by atoms with E-state index in [1.807, 2.05) is 19.2 Å². The summed E-state index contributed by atoms with van der Waals surface area (Å²) in [5, 5.41) is 3.16. The molecule has 0 unspecified atom stereocenters. The van der Waals surface area contributed by atoms with Crippen LogP contribution in [0.15, 0.2) is 29.2 Å². The fourth-order valence-corrected chi connectivity index (χ4v) is 4.23. The Labute approximate surface area is 128 Å². The maximum Gasteiger partial charge on any atom is 0.243 e. The number of rotatable bonds is 4. The van der Waals surface area contributed by atoms with Gasteiger partial charge in [-0.3, -0.25) is 0 Å². The molecule has 2 rings (SSSR count). The van der Waals surface area contributed by atoms with Crippen molar-refractivity contribution >= 4 is 32.6 Å². The molecule has 0 saturated carbocycles. The minimum absolute atomic E-state index is 0.403. The zero-order valence-electron chi connectivity index (χ0n) is 11.0. The van der Waals surface area contributed by atoms with Gasteiger partial charge in [0.2, 0.25) is 10.0 Å². The van der Waals surface area contributed by atoms with Crippen LogP contribution in [0.4, 0.5) is 0 Å². The van der Waals surface area contributed by atoms with Crippen molar-refractivity contribution in [3.8, 4) is 0 Å². The van der Waals surface area contributed by atoms with Gasteiger partial charge >= 0.3 is 0 Å². The van der Waals surface area contributed by atoms with Crippen LogP contribution >= 0.6 is 22.6 Å². The lowest BCUT2D eigenvalue weighted by Crippen LogP contribution is -2.40. The molecule has 1 heterocycles. The van der Waals surface area contributed by atoms with Gasteiger partial charge in [-0.2, -0.15) is 4.31 Å². The molecule has 19 heavy (non-hydrogen) atoms. The maximum absolute atomic E-state index is 12.5. The van der Waals surface area contributed by atoms with Crippen molar-refractivity contribution in [2.45, 2.75) is 17.7 Å². The van der Waals surface area contributed by atoms with Gasteiger partial charge in [-0.25, -0.2) is 8.42 Å². The maximum atomic E-state index is 12.5. The highest BCUT2D eigenvalue weighted by molar-refractivity contribution is 14.1. The second-order valence-electron chi connectivity index (χ2n) is 4.86. The zero-order valence-corrected chi connectivity index (χ0v) is 13.9. The Hall–Kier alpha value is -0.180. The first-order chi connectivity index (χ1) is 9.04. The molecular formula is C13H19IN2O2S. The van der Waals surface area contributed by atoms with Gasteiger partial charge in [-0.05, 0) is 79.2 Å². The number of piperidine rings is 1. The highest BCUT2D eigenvalue weighted by Crippen LogP contribution is 2.23. The van der Waals surface area contributed by atoms with Crippen molar-refractivity contribution in [3.05, 3.63) is 27.8 Å². The number of nitrogens with one attached hydrogen (secondary N) is 1. The van der Waals surface area contributed by atoms with E-state index in [1.165, 1.54) is 0 Å². The van der Waals surface area contributed by atoms with E-state index in [4.69, 9.17) is 0 Å². The summed E-state index contributed by atoms with van der Waals surface area (Å²) in [6.45, 7) is 2.22. The van der Waals surface area contributed by atoms with Crippen LogP contribution in [0.3, 0.4) is 0 Å². The van der Waals surface area contributed by atoms with Crippen LogP contribution < -0.4 is 5.32 Å². The first-order valence-corrected chi connectivity index (χ1v) is 8.96. The van der Waals surface area contributed by atoms with Crippen LogP contribution in [0.2, 0.25) is 0 Å². The van der Waals surface area contributed by atoms with Gasteiger partial charge in [-0.1, -0.05) is 0 Å². The number of sulfonamides is 1. The van der Waals surface area contributed by atoms with Crippen LogP contribution in [0.25, 0.3) is 0 Å². The summed E-state index contributed by atoms with van der Waals surface area (Å²) in [6, 6.07) is 7.05. The van der Waals surface area contributed by atoms with E-state index in [0.29, 0.717) is 23.9 Å². The molecule has 1 aliphatic rings. The van der Waals surface area contributed by atoms with E-state index in [-0.39, 0.29) is 0 Å². The lowest BCUT2D eigenvalue weighted by atomic mass is 9.98. The van der Waals surface area contributed by atoms with E-state index >= 15 is 0 Å². The van der Waals surface area contributed by atoms with Crippen LogP contribution in [0, 0.1) is 9.49 Å². The fraction of sp³-hybridized carbons (Fsp3) is 0.538. The molecule has 0 amide bonds. The standard InChI is InChI=1S/C13H19IN2O2S/c1-15-10-11-6-8-16(9-7-11)19(17,18)13-4-2-12(14)3-5-13/h2-5,11,15H,6-10H2,1H3. The van der Waals surface area contributed by atoms with E-state index in [2.05, 4.69) is 27.9 Å². The van der Waals surface area contributed by atoms with Crippen molar-refractivity contribution in [3.63, 3.8) is 0 Å². The predicted octanol–water partition coefficient (Wildman–Crippen LogP) is 1.91. The molecule has 0 spiro atoms. The molecular weight excluding hydrogens is 375 g/mol. The lowest BCUT2D eigenvalue weighted by molar-refractivity contribution is 0.270. The molecule has 0 aliphatic carbocycles. The van der Waals surface area contributed by atoms with E-state index in [0.717, 1.165) is 23.0 Å². The third-order valence-electron chi connectivity index (χ3n) is 3.52. The largest absolute Gasteiger partial charge is 0.319 e. The average Bonchev–Trinajstić information content (AvgIpc) is 2.40. The van der Waals surface area contributed by atoms with Crippen molar-refractivity contribution in [2.75, 3.05) is 26.7 Å². The van der Waals surface area contributed by atoms with E-state index < -0.39 is 10.0 Å². The van der Waals surface area contributed by atoms with Gasteiger partial charge in [0.15, 0.2) is 0 Å². The minimum atomic E-state index is -3.31. The summed E-state index contributed by atoms with van der Waals surface area (Å²) in [5.74, 6) is 0.591. The molecule has 0 aromatic heterocycles. The predicted molar refractivity (Wildman–Crippen MR) is 84.6 cm³/mol. The molecule has 6 heteroatoms. The van der Waals surface area contributed by atoms with Crippen molar-refractivity contribution in [1.82, 2.24) is 9.62 Å². The SMILES string of the molecule is CNCC1CCN(S(=O)(=O)c2ccc(I)cc2)CC1. The normalized spacial score (nSPS) is 18.6. The smallest absolute Gasteiger partial charge is 0.243 e. The zero-order chi connectivity index (χ0) is 13.9. The topological polar surface area (TPSA) is 49.4 Å². The summed E-state index contributed by atoms with van der Waals surface area (Å²) in [4.78, 5) is 0.403. The second-order valence-corrected chi connectivity index (χ2v) is 8.04. The first kappa shape index (κ1) is 15.2. The minimum Gasteiger partial charge on any atom is -0.319 e. The van der Waals surface area contributed by atoms with Crippen molar-refractivity contribution in [2.24, 2.45) is 5.92 Å². The highest BCUT2D eigenvalue weighted by atomic mass is 127. The molecule has 1 fully saturated rings. The van der Waals surface area contributed by atoms with Crippen LogP contribution in [0.1, 0.15) is 12.8 Å². The van der Waals surface area contributed by atoms with E-state index in [1.54, 1.807) is 16.4 Å². The molecule has 0 radical (unpaired) electrons. The Bertz CT molecular complexity index is 508. The van der Waals surface area contributed by atoms with Gasteiger partial charge in [-0.15, -0.1) is 0 Å². The van der Waals surface area contributed by atoms with Gasteiger partial charge in [0.1, 0.15) is 0 Å². The Morgan fingerprint density at radius 3 is 2.37 bits per heavy atom. The van der Waals surface area contributed by atoms with Gasteiger partial charge in [0.25, 0.3) is 0 Å². The summed E-state index contributed by atoms with van der Waals surface area (Å²) < 4.78 is 27.6. The van der Waals surface area contributed by atoms with Crippen LogP contribution in [0.5, 0.6) is 0 Å². The second kappa shape index (κ2) is 6.51. The fourth-order valence-electron chi connectivity index (χ4n) is 2.40. The van der Waals surface area contributed by atoms with Gasteiger partial charge in [0, 0.05) is 16.7 Å². The molecule has 106 valence electrons. The van der Waals surface area contributed by atoms with Crippen LogP contribution in [-0.4, -0.2) is 39.4 Å². The third-order valence-corrected chi connectivity index (χ3v) is 6.15. The monoisotopic (exact) mass is 394 g/mol. The number of hydrogen-bond acceptors (Lipinski definition) is 3. The summed E-state index contributed by atoms with van der Waals surface area (Å²) in [6.07, 6.45) is 1.87. The third kappa shape index (κ3) is 3.68. The molecule has 4 nitrogen and oxygen atoms in total. The lowest BCUT2D eigenvalue weighted by Gasteiger charge is -2.31. The summed E-state index contributed by atoms with van der Waals surface area (Å²) >= 11 is 2.18. The number of hydrogen-bond donors (Lipinski definition) is 1. The summed E-state index contributed by atoms with van der Waals surface area (Å²) in [5.41, 5.74) is 0. The Morgan fingerprint density at radius 2 is 1.84 bits per heavy atom. The van der Waals surface area contributed by atoms with Crippen molar-refractivity contribution in [1.29, 1.82) is 0 Å². The molecule has 1 aliphatic heterocycles. The average molecular weight is 394 g/mol. The quantitative estimate of drug-likeness (QED) is 0.794. The Morgan fingerprint density at radius 1 is 1.26 bits per heavy atom. The highest BCUT2D eigenvalue weighted by Gasteiger charge is 2.28. The van der Waals surface area contributed by atoms with Crippen LogP contribution in [-0.2, 0) is 10.0 Å². The van der Waals surface area contributed by atoms with E-state index in [9.17, 15) is 8.42 Å². The Balaban J connectivity index is 2.07. The molecule has 1 aromatic carbocycles. The molecule has 1 aromatic rings. The van der Waals surface area contributed by atoms with Gasteiger partial charge in [0.05, 0.1) is 4.90 Å². The van der Waals surface area contributed by atoms with Crippen molar-refractivity contribution < 1.29 is 8.42 Å². The molecule has 1 N–H and O–H groups in total. The first-order valence-electron chi connectivity index (χ1n) is 6.44. The Kier molecular flexibility index (Phi) is 5.22. The molecule has 0 bridgehead atoms.